The summed E-state index contributed by atoms with van der Waals surface area (Å²) in [5, 5.41) is 11.5. The largest absolute Gasteiger partial charge is 0.456 e. The fourth-order valence-corrected chi connectivity index (χ4v) is 1.73. The van der Waals surface area contributed by atoms with E-state index >= 15 is 0 Å². The molecule has 0 spiro atoms. The second kappa shape index (κ2) is 5.75. The molecule has 0 atom stereocenters. The highest BCUT2D eigenvalue weighted by Gasteiger charge is 2.09. The van der Waals surface area contributed by atoms with Gasteiger partial charge in [0.05, 0.1) is 5.02 Å². The SMILES string of the molecule is NC(=NO)c1ccc(Oc2cc(F)cc(F)c2)c(Cl)c1. The van der Waals surface area contributed by atoms with Gasteiger partial charge in [-0.2, -0.15) is 0 Å². The van der Waals surface area contributed by atoms with Crippen molar-refractivity contribution in [2.45, 2.75) is 0 Å². The third-order valence-corrected chi connectivity index (χ3v) is 2.69. The summed E-state index contributed by atoms with van der Waals surface area (Å²) in [5.41, 5.74) is 5.79. The number of halogens is 3. The lowest BCUT2D eigenvalue weighted by Crippen LogP contribution is -2.12. The summed E-state index contributed by atoms with van der Waals surface area (Å²) in [6, 6.07) is 7.12. The van der Waals surface area contributed by atoms with Crippen LogP contribution in [0, 0.1) is 11.6 Å². The highest BCUT2D eigenvalue weighted by atomic mass is 35.5. The Labute approximate surface area is 118 Å². The lowest BCUT2D eigenvalue weighted by Gasteiger charge is -2.09. The second-order valence-corrected chi connectivity index (χ2v) is 4.24. The molecule has 2 aromatic rings. The van der Waals surface area contributed by atoms with Crippen molar-refractivity contribution < 1.29 is 18.7 Å². The van der Waals surface area contributed by atoms with Crippen LogP contribution in [0.5, 0.6) is 11.5 Å². The van der Waals surface area contributed by atoms with Crippen LogP contribution in [0.2, 0.25) is 5.02 Å². The fourth-order valence-electron chi connectivity index (χ4n) is 1.52. The fraction of sp³-hybridized carbons (Fsp3) is 0. The second-order valence-electron chi connectivity index (χ2n) is 3.84. The van der Waals surface area contributed by atoms with Crippen LogP contribution in [0.25, 0.3) is 0 Å². The zero-order chi connectivity index (χ0) is 14.7. The number of oxime groups is 1. The zero-order valence-electron chi connectivity index (χ0n) is 9.98. The van der Waals surface area contributed by atoms with Crippen molar-refractivity contribution in [1.29, 1.82) is 0 Å². The molecule has 2 aromatic carbocycles. The quantitative estimate of drug-likeness (QED) is 0.394. The van der Waals surface area contributed by atoms with E-state index in [9.17, 15) is 8.78 Å². The van der Waals surface area contributed by atoms with E-state index in [1.165, 1.54) is 18.2 Å². The van der Waals surface area contributed by atoms with E-state index in [2.05, 4.69) is 5.16 Å². The number of amidine groups is 1. The number of nitrogens with zero attached hydrogens (tertiary/aromatic N) is 1. The predicted octanol–water partition coefficient (Wildman–Crippen LogP) is 3.51. The first-order valence-electron chi connectivity index (χ1n) is 5.41. The molecule has 0 unspecified atom stereocenters. The van der Waals surface area contributed by atoms with Crippen molar-refractivity contribution in [2.24, 2.45) is 10.9 Å². The highest BCUT2D eigenvalue weighted by Crippen LogP contribution is 2.30. The minimum atomic E-state index is -0.760. The van der Waals surface area contributed by atoms with Crippen LogP contribution in [0.1, 0.15) is 5.56 Å². The summed E-state index contributed by atoms with van der Waals surface area (Å²) in [4.78, 5) is 0. The molecule has 0 saturated carbocycles. The van der Waals surface area contributed by atoms with Gasteiger partial charge in [0.25, 0.3) is 0 Å². The van der Waals surface area contributed by atoms with Crippen LogP contribution in [-0.2, 0) is 0 Å². The molecule has 0 aliphatic heterocycles. The summed E-state index contributed by atoms with van der Waals surface area (Å²) in [7, 11) is 0. The Kier molecular flexibility index (Phi) is 4.05. The van der Waals surface area contributed by atoms with E-state index in [1.807, 2.05) is 0 Å². The topological polar surface area (TPSA) is 67.8 Å². The Bertz CT molecular complexity index is 657. The Morgan fingerprint density at radius 2 is 1.80 bits per heavy atom. The van der Waals surface area contributed by atoms with Gasteiger partial charge in [-0.3, -0.25) is 0 Å². The molecule has 0 radical (unpaired) electrons. The van der Waals surface area contributed by atoms with E-state index in [1.54, 1.807) is 0 Å². The maximum Gasteiger partial charge on any atom is 0.170 e. The molecule has 0 bridgehead atoms. The van der Waals surface area contributed by atoms with Crippen LogP contribution in [0.4, 0.5) is 8.78 Å². The van der Waals surface area contributed by atoms with Gasteiger partial charge in [-0.15, -0.1) is 0 Å². The first-order chi connectivity index (χ1) is 9.49. The van der Waals surface area contributed by atoms with Crippen molar-refractivity contribution in [1.82, 2.24) is 0 Å². The van der Waals surface area contributed by atoms with Crippen molar-refractivity contribution in [2.75, 3.05) is 0 Å². The lowest BCUT2D eigenvalue weighted by molar-refractivity contribution is 0.318. The van der Waals surface area contributed by atoms with Gasteiger partial charge < -0.3 is 15.7 Å². The van der Waals surface area contributed by atoms with Gasteiger partial charge >= 0.3 is 0 Å². The predicted molar refractivity (Wildman–Crippen MR) is 70.4 cm³/mol. The summed E-state index contributed by atoms with van der Waals surface area (Å²) in [6.07, 6.45) is 0. The van der Waals surface area contributed by atoms with Crippen LogP contribution < -0.4 is 10.5 Å². The van der Waals surface area contributed by atoms with Crippen LogP contribution >= 0.6 is 11.6 Å². The zero-order valence-corrected chi connectivity index (χ0v) is 10.7. The van der Waals surface area contributed by atoms with Crippen molar-refractivity contribution in [3.63, 3.8) is 0 Å². The molecule has 0 fully saturated rings. The van der Waals surface area contributed by atoms with Gasteiger partial charge in [-0.25, -0.2) is 8.78 Å². The van der Waals surface area contributed by atoms with Crippen molar-refractivity contribution in [3.8, 4) is 11.5 Å². The van der Waals surface area contributed by atoms with E-state index in [-0.39, 0.29) is 22.4 Å². The minimum absolute atomic E-state index is 0.0269. The average molecular weight is 299 g/mol. The molecular weight excluding hydrogens is 290 g/mol. The van der Waals surface area contributed by atoms with Crippen LogP contribution in [0.3, 0.4) is 0 Å². The Morgan fingerprint density at radius 1 is 1.15 bits per heavy atom. The number of hydrogen-bond donors (Lipinski definition) is 2. The molecule has 7 heteroatoms. The molecule has 20 heavy (non-hydrogen) atoms. The van der Waals surface area contributed by atoms with Gasteiger partial charge in [0, 0.05) is 23.8 Å². The molecule has 2 rings (SSSR count). The van der Waals surface area contributed by atoms with Gasteiger partial charge in [0.15, 0.2) is 5.84 Å². The molecule has 3 N–H and O–H groups in total. The van der Waals surface area contributed by atoms with Crippen LogP contribution in [0.15, 0.2) is 41.6 Å². The van der Waals surface area contributed by atoms with Gasteiger partial charge in [-0.05, 0) is 18.2 Å². The van der Waals surface area contributed by atoms with E-state index in [0.29, 0.717) is 5.56 Å². The van der Waals surface area contributed by atoms with Gasteiger partial charge in [-0.1, -0.05) is 16.8 Å². The number of rotatable bonds is 3. The average Bonchev–Trinajstić information content (AvgIpc) is 2.39. The third-order valence-electron chi connectivity index (χ3n) is 2.40. The summed E-state index contributed by atoms with van der Waals surface area (Å²) < 4.78 is 31.4. The smallest absolute Gasteiger partial charge is 0.170 e. The number of benzene rings is 2. The Balaban J connectivity index is 2.30. The summed E-state index contributed by atoms with van der Waals surface area (Å²) in [6.45, 7) is 0. The lowest BCUT2D eigenvalue weighted by atomic mass is 10.2. The van der Waals surface area contributed by atoms with E-state index in [4.69, 9.17) is 27.3 Å². The Morgan fingerprint density at radius 3 is 2.35 bits per heavy atom. The van der Waals surface area contributed by atoms with Gasteiger partial charge in [0.1, 0.15) is 23.1 Å². The standard InChI is InChI=1S/C13H9ClF2N2O2/c14-11-3-7(13(17)18-19)1-2-12(11)20-10-5-8(15)4-9(16)6-10/h1-6,19H,(H2,17,18). The Hall–Kier alpha value is -2.34. The molecule has 0 saturated heterocycles. The number of nitrogens with two attached hydrogens (primary N) is 1. The summed E-state index contributed by atoms with van der Waals surface area (Å²) >= 11 is 5.96. The van der Waals surface area contributed by atoms with Gasteiger partial charge in [0.2, 0.25) is 0 Å². The molecule has 104 valence electrons. The first kappa shape index (κ1) is 14.1. The maximum absolute atomic E-state index is 13.0. The maximum atomic E-state index is 13.0. The van der Waals surface area contributed by atoms with E-state index < -0.39 is 11.6 Å². The van der Waals surface area contributed by atoms with Crippen molar-refractivity contribution >= 4 is 17.4 Å². The molecule has 0 heterocycles. The highest BCUT2D eigenvalue weighted by molar-refractivity contribution is 6.32. The molecule has 0 aliphatic rings. The molecule has 0 aliphatic carbocycles. The number of hydrogen-bond acceptors (Lipinski definition) is 3. The third kappa shape index (κ3) is 3.16. The van der Waals surface area contributed by atoms with Crippen molar-refractivity contribution in [3.05, 3.63) is 58.6 Å². The molecular formula is C13H9ClF2N2O2. The minimum Gasteiger partial charge on any atom is -0.456 e. The molecule has 4 nitrogen and oxygen atoms in total. The summed E-state index contributed by atoms with van der Waals surface area (Å²) in [5.74, 6) is -1.48. The molecule has 0 aromatic heterocycles. The number of ether oxygens (including phenoxy) is 1. The normalized spacial score (nSPS) is 11.4. The van der Waals surface area contributed by atoms with E-state index in [0.717, 1.165) is 18.2 Å². The molecule has 0 amide bonds. The van der Waals surface area contributed by atoms with Crippen LogP contribution in [-0.4, -0.2) is 11.0 Å². The monoisotopic (exact) mass is 298 g/mol. The first-order valence-corrected chi connectivity index (χ1v) is 5.79.